The molecule has 0 saturated carbocycles. The molecule has 0 radical (unpaired) electrons. The smallest absolute Gasteiger partial charge is 0.337 e. The van der Waals surface area contributed by atoms with Crippen LogP contribution in [0, 0.1) is 0 Å². The topological polar surface area (TPSA) is 136 Å². The number of anilines is 2. The molecule has 3 aromatic carbocycles. The van der Waals surface area contributed by atoms with Crippen LogP contribution >= 0.6 is 11.6 Å². The minimum absolute atomic E-state index is 0.00574. The Morgan fingerprint density at radius 2 is 1.88 bits per heavy atom. The highest BCUT2D eigenvalue weighted by Gasteiger charge is 2.31. The number of carboxylic acids is 1. The molecule has 0 unspecified atom stereocenters. The van der Waals surface area contributed by atoms with Gasteiger partial charge < -0.3 is 15.6 Å². The van der Waals surface area contributed by atoms with Crippen LogP contribution in [-0.2, 0) is 16.4 Å². The van der Waals surface area contributed by atoms with E-state index >= 15 is 0 Å². The molecule has 1 aliphatic heterocycles. The Labute approximate surface area is 199 Å². The number of carbonyl (C=O) groups excluding carboxylic acids is 1. The third kappa shape index (κ3) is 4.45. The maximum absolute atomic E-state index is 13.3. The lowest BCUT2D eigenvalue weighted by atomic mass is 10.1. The molecule has 1 aliphatic rings. The molecule has 0 aliphatic carbocycles. The maximum Gasteiger partial charge on any atom is 0.337 e. The first-order valence-electron chi connectivity index (χ1n) is 9.98. The molecule has 1 amide bonds. The van der Waals surface area contributed by atoms with Crippen molar-refractivity contribution >= 4 is 51.1 Å². The summed E-state index contributed by atoms with van der Waals surface area (Å²) >= 11 is 6.01. The quantitative estimate of drug-likeness (QED) is 0.268. The van der Waals surface area contributed by atoms with Crippen molar-refractivity contribution in [3.63, 3.8) is 0 Å². The van der Waals surface area contributed by atoms with Gasteiger partial charge in [0.1, 0.15) is 0 Å². The Hall–Kier alpha value is -3.89. The molecule has 3 aromatic rings. The number of fused-ring (bicyclic) bond motifs is 1. The SMILES string of the molecule is O=C(Nc1ccc(/C=N\O)cc1C(=O)O)c1cccc(S(=O)(=O)N2CCc3cc(Cl)ccc32)c1. The fourth-order valence-corrected chi connectivity index (χ4v) is 5.45. The Bertz CT molecular complexity index is 1440. The van der Waals surface area contributed by atoms with Crippen LogP contribution in [0.2, 0.25) is 5.02 Å². The Morgan fingerprint density at radius 1 is 1.09 bits per heavy atom. The second-order valence-electron chi connectivity index (χ2n) is 7.44. The number of hydrogen-bond donors (Lipinski definition) is 3. The zero-order valence-corrected chi connectivity index (χ0v) is 19.0. The lowest BCUT2D eigenvalue weighted by molar-refractivity contribution is 0.0698. The summed E-state index contributed by atoms with van der Waals surface area (Å²) in [5.41, 5.74) is 1.50. The van der Waals surface area contributed by atoms with E-state index in [4.69, 9.17) is 16.8 Å². The average molecular weight is 500 g/mol. The molecule has 0 aromatic heterocycles. The zero-order chi connectivity index (χ0) is 24.5. The number of halogens is 1. The molecule has 0 bridgehead atoms. The van der Waals surface area contributed by atoms with Crippen LogP contribution < -0.4 is 9.62 Å². The average Bonchev–Trinajstić information content (AvgIpc) is 3.24. The molecule has 0 saturated heterocycles. The first-order chi connectivity index (χ1) is 16.2. The number of carbonyl (C=O) groups is 2. The summed E-state index contributed by atoms with van der Waals surface area (Å²) in [4.78, 5) is 24.4. The van der Waals surface area contributed by atoms with Crippen molar-refractivity contribution in [2.24, 2.45) is 5.16 Å². The number of nitrogens with zero attached hydrogens (tertiary/aromatic N) is 2. The molecule has 11 heteroatoms. The van der Waals surface area contributed by atoms with Crippen molar-refractivity contribution in [1.29, 1.82) is 0 Å². The van der Waals surface area contributed by atoms with E-state index in [1.165, 1.54) is 46.8 Å². The van der Waals surface area contributed by atoms with E-state index in [0.717, 1.165) is 11.8 Å². The van der Waals surface area contributed by atoms with Gasteiger partial charge in [-0.3, -0.25) is 9.10 Å². The number of hydrogen-bond acceptors (Lipinski definition) is 6. The Balaban J connectivity index is 1.62. The summed E-state index contributed by atoms with van der Waals surface area (Å²) in [5.74, 6) is -1.98. The van der Waals surface area contributed by atoms with Crippen molar-refractivity contribution in [2.45, 2.75) is 11.3 Å². The third-order valence-corrected chi connectivity index (χ3v) is 7.35. The monoisotopic (exact) mass is 499 g/mol. The van der Waals surface area contributed by atoms with Crippen molar-refractivity contribution in [3.8, 4) is 0 Å². The minimum Gasteiger partial charge on any atom is -0.478 e. The lowest BCUT2D eigenvalue weighted by Crippen LogP contribution is -2.29. The van der Waals surface area contributed by atoms with Crippen LogP contribution in [0.25, 0.3) is 0 Å². The van der Waals surface area contributed by atoms with E-state index in [9.17, 15) is 23.1 Å². The van der Waals surface area contributed by atoms with Crippen LogP contribution in [0.3, 0.4) is 0 Å². The van der Waals surface area contributed by atoms with Gasteiger partial charge in [-0.1, -0.05) is 28.9 Å². The summed E-state index contributed by atoms with van der Waals surface area (Å²) in [6.07, 6.45) is 1.57. The van der Waals surface area contributed by atoms with Gasteiger partial charge in [-0.05, 0) is 66.1 Å². The molecule has 1 heterocycles. The lowest BCUT2D eigenvalue weighted by Gasteiger charge is -2.20. The van der Waals surface area contributed by atoms with E-state index in [0.29, 0.717) is 22.7 Å². The normalized spacial score (nSPS) is 13.1. The molecule has 0 spiro atoms. The number of amides is 1. The first kappa shape index (κ1) is 23.3. The predicted molar refractivity (Wildman–Crippen MR) is 127 cm³/mol. The Kier molecular flexibility index (Phi) is 6.27. The van der Waals surface area contributed by atoms with E-state index in [2.05, 4.69) is 10.5 Å². The summed E-state index contributed by atoms with van der Waals surface area (Å²) in [5, 5.41) is 24.0. The molecule has 0 fully saturated rings. The number of nitrogens with one attached hydrogen (secondary N) is 1. The van der Waals surface area contributed by atoms with Crippen molar-refractivity contribution in [2.75, 3.05) is 16.2 Å². The largest absolute Gasteiger partial charge is 0.478 e. The van der Waals surface area contributed by atoms with Crippen molar-refractivity contribution in [3.05, 3.63) is 87.9 Å². The second-order valence-corrected chi connectivity index (χ2v) is 9.74. The summed E-state index contributed by atoms with van der Waals surface area (Å²) < 4.78 is 27.9. The fourth-order valence-electron chi connectivity index (χ4n) is 3.70. The number of sulfonamides is 1. The molecule has 4 rings (SSSR count). The van der Waals surface area contributed by atoms with E-state index in [1.54, 1.807) is 18.2 Å². The minimum atomic E-state index is -3.95. The van der Waals surface area contributed by atoms with Gasteiger partial charge in [-0.2, -0.15) is 0 Å². The summed E-state index contributed by atoms with van der Waals surface area (Å²) in [7, 11) is -3.95. The predicted octanol–water partition coefficient (Wildman–Crippen LogP) is 3.85. The molecule has 3 N–H and O–H groups in total. The highest BCUT2D eigenvalue weighted by Crippen LogP contribution is 2.34. The number of benzene rings is 3. The second kappa shape index (κ2) is 9.16. The van der Waals surface area contributed by atoms with Gasteiger partial charge in [0.15, 0.2) is 0 Å². The van der Waals surface area contributed by atoms with Gasteiger partial charge in [-0.25, -0.2) is 13.2 Å². The number of oxime groups is 1. The number of aromatic carboxylic acids is 1. The highest BCUT2D eigenvalue weighted by molar-refractivity contribution is 7.92. The summed E-state index contributed by atoms with van der Waals surface area (Å²) in [6, 6.07) is 14.6. The van der Waals surface area contributed by atoms with Crippen LogP contribution in [0.4, 0.5) is 11.4 Å². The van der Waals surface area contributed by atoms with E-state index < -0.39 is 21.9 Å². The third-order valence-electron chi connectivity index (χ3n) is 5.31. The first-order valence-corrected chi connectivity index (χ1v) is 11.8. The zero-order valence-electron chi connectivity index (χ0n) is 17.5. The van der Waals surface area contributed by atoms with Gasteiger partial charge in [0, 0.05) is 17.1 Å². The standard InChI is InChI=1S/C23H18ClN3O6S/c24-17-5-7-21-15(11-17)8-9-27(21)34(32,33)18-3-1-2-16(12-18)22(28)26-20-6-4-14(13-25-31)10-19(20)23(29)30/h1-7,10-13,31H,8-9H2,(H,26,28)(H,29,30)/b25-13-. The van der Waals surface area contributed by atoms with Crippen LogP contribution in [0.1, 0.15) is 31.8 Å². The van der Waals surface area contributed by atoms with E-state index in [1.807, 2.05) is 0 Å². The molecule has 174 valence electrons. The Morgan fingerprint density at radius 3 is 2.62 bits per heavy atom. The van der Waals surface area contributed by atoms with Gasteiger partial charge in [-0.15, -0.1) is 0 Å². The molecule has 34 heavy (non-hydrogen) atoms. The molecular weight excluding hydrogens is 482 g/mol. The number of carboxylic acid groups (broad SMARTS) is 1. The van der Waals surface area contributed by atoms with Gasteiger partial charge >= 0.3 is 5.97 Å². The van der Waals surface area contributed by atoms with Crippen molar-refractivity contribution in [1.82, 2.24) is 0 Å². The van der Waals surface area contributed by atoms with Gasteiger partial charge in [0.25, 0.3) is 15.9 Å². The van der Waals surface area contributed by atoms with Gasteiger partial charge in [0.2, 0.25) is 0 Å². The van der Waals surface area contributed by atoms with Crippen LogP contribution in [0.15, 0.2) is 70.7 Å². The van der Waals surface area contributed by atoms with Crippen LogP contribution in [-0.4, -0.2) is 43.4 Å². The summed E-state index contributed by atoms with van der Waals surface area (Å²) in [6.45, 7) is 0.250. The van der Waals surface area contributed by atoms with Crippen molar-refractivity contribution < 1.29 is 28.3 Å². The van der Waals surface area contributed by atoms with Crippen LogP contribution in [0.5, 0.6) is 0 Å². The van der Waals surface area contributed by atoms with Gasteiger partial charge in [0.05, 0.1) is 28.0 Å². The molecule has 9 nitrogen and oxygen atoms in total. The highest BCUT2D eigenvalue weighted by atomic mass is 35.5. The number of rotatable bonds is 6. The molecular formula is C23H18ClN3O6S. The maximum atomic E-state index is 13.3. The van der Waals surface area contributed by atoms with E-state index in [-0.39, 0.29) is 28.3 Å². The fraction of sp³-hybridized carbons (Fsp3) is 0.0870. The molecule has 0 atom stereocenters.